The van der Waals surface area contributed by atoms with E-state index in [1.165, 1.54) is 0 Å². The molecule has 20 heavy (non-hydrogen) atoms. The fraction of sp³-hybridized carbons (Fsp3) is 0.467. The van der Waals surface area contributed by atoms with Gasteiger partial charge in [0.05, 0.1) is 6.10 Å². The molecule has 1 fully saturated rings. The van der Waals surface area contributed by atoms with Gasteiger partial charge in [0, 0.05) is 29.8 Å². The van der Waals surface area contributed by atoms with Crippen molar-refractivity contribution in [1.82, 2.24) is 14.8 Å². The highest BCUT2D eigenvalue weighted by Crippen LogP contribution is 2.42. The summed E-state index contributed by atoms with van der Waals surface area (Å²) in [5, 5.41) is 21.2. The lowest BCUT2D eigenvalue weighted by Gasteiger charge is -2.49. The van der Waals surface area contributed by atoms with E-state index >= 15 is 0 Å². The van der Waals surface area contributed by atoms with Gasteiger partial charge in [-0.1, -0.05) is 13.8 Å². The van der Waals surface area contributed by atoms with Crippen LogP contribution in [-0.2, 0) is 7.05 Å². The molecule has 0 bridgehead atoms. The Kier molecular flexibility index (Phi) is 3.01. The van der Waals surface area contributed by atoms with Crippen molar-refractivity contribution in [2.75, 3.05) is 5.32 Å². The van der Waals surface area contributed by atoms with Gasteiger partial charge in [0.15, 0.2) is 5.82 Å². The molecule has 5 nitrogen and oxygen atoms in total. The van der Waals surface area contributed by atoms with Crippen LogP contribution in [0.25, 0.3) is 11.4 Å². The van der Waals surface area contributed by atoms with Crippen LogP contribution in [0, 0.1) is 5.41 Å². The molecule has 5 heteroatoms. The summed E-state index contributed by atoms with van der Waals surface area (Å²) in [5.41, 5.74) is 2.05. The summed E-state index contributed by atoms with van der Waals surface area (Å²) in [6.07, 6.45) is 2.29. The van der Waals surface area contributed by atoms with Crippen LogP contribution in [0.15, 0.2) is 30.6 Å². The second-order valence-electron chi connectivity index (χ2n) is 6.11. The van der Waals surface area contributed by atoms with Crippen molar-refractivity contribution in [1.29, 1.82) is 0 Å². The lowest BCUT2D eigenvalue weighted by Crippen LogP contribution is -2.56. The summed E-state index contributed by atoms with van der Waals surface area (Å²) in [6.45, 7) is 4.18. The fourth-order valence-corrected chi connectivity index (χ4v) is 2.61. The Labute approximate surface area is 118 Å². The highest BCUT2D eigenvalue weighted by atomic mass is 16.3. The van der Waals surface area contributed by atoms with Gasteiger partial charge in [0.1, 0.15) is 6.33 Å². The zero-order valence-electron chi connectivity index (χ0n) is 12.0. The molecule has 1 saturated carbocycles. The summed E-state index contributed by atoms with van der Waals surface area (Å²) < 4.78 is 1.90. The Bertz CT molecular complexity index is 603. The largest absolute Gasteiger partial charge is 0.392 e. The van der Waals surface area contributed by atoms with E-state index in [4.69, 9.17) is 0 Å². The quantitative estimate of drug-likeness (QED) is 0.897. The van der Waals surface area contributed by atoms with Crippen molar-refractivity contribution in [3.63, 3.8) is 0 Å². The van der Waals surface area contributed by atoms with E-state index in [1.54, 1.807) is 6.33 Å². The standard InChI is InChI=1S/C15H20N4O/c1-15(2)12(8-13(15)20)17-11-6-4-10(5-7-11)14-18-16-9-19(14)3/h4-7,9,12-13,17,20H,8H2,1-3H3. The molecule has 0 aliphatic heterocycles. The monoisotopic (exact) mass is 272 g/mol. The first-order valence-electron chi connectivity index (χ1n) is 6.87. The van der Waals surface area contributed by atoms with Crippen molar-refractivity contribution < 1.29 is 5.11 Å². The first-order chi connectivity index (χ1) is 9.48. The maximum absolute atomic E-state index is 9.77. The number of hydrogen-bond acceptors (Lipinski definition) is 4. The summed E-state index contributed by atoms with van der Waals surface area (Å²) in [5.74, 6) is 0.857. The van der Waals surface area contributed by atoms with E-state index in [0.29, 0.717) is 6.04 Å². The van der Waals surface area contributed by atoms with Gasteiger partial charge in [0.2, 0.25) is 0 Å². The second-order valence-corrected chi connectivity index (χ2v) is 6.11. The Morgan fingerprint density at radius 2 is 2.00 bits per heavy atom. The van der Waals surface area contributed by atoms with Crippen LogP contribution in [0.3, 0.4) is 0 Å². The van der Waals surface area contributed by atoms with Gasteiger partial charge >= 0.3 is 0 Å². The number of aliphatic hydroxyl groups excluding tert-OH is 1. The number of aryl methyl sites for hydroxylation is 1. The number of aliphatic hydroxyl groups is 1. The van der Waals surface area contributed by atoms with Crippen molar-refractivity contribution in [3.05, 3.63) is 30.6 Å². The normalized spacial score (nSPS) is 24.2. The maximum atomic E-state index is 9.77. The third kappa shape index (κ3) is 2.08. The van der Waals surface area contributed by atoms with Crippen molar-refractivity contribution in [2.45, 2.75) is 32.4 Å². The van der Waals surface area contributed by atoms with E-state index in [1.807, 2.05) is 35.9 Å². The minimum absolute atomic E-state index is 0.0672. The number of nitrogens with zero attached hydrogens (tertiary/aromatic N) is 3. The minimum atomic E-state index is -0.210. The summed E-state index contributed by atoms with van der Waals surface area (Å²) in [6, 6.07) is 8.48. The predicted octanol–water partition coefficient (Wildman–Crippen LogP) is 2.05. The minimum Gasteiger partial charge on any atom is -0.392 e. The van der Waals surface area contributed by atoms with E-state index < -0.39 is 0 Å². The van der Waals surface area contributed by atoms with E-state index in [0.717, 1.165) is 23.5 Å². The van der Waals surface area contributed by atoms with Crippen LogP contribution in [0.2, 0.25) is 0 Å². The van der Waals surface area contributed by atoms with Gasteiger partial charge in [-0.3, -0.25) is 0 Å². The van der Waals surface area contributed by atoms with Crippen molar-refractivity contribution in [3.8, 4) is 11.4 Å². The molecule has 0 saturated heterocycles. The van der Waals surface area contributed by atoms with Gasteiger partial charge in [-0.15, -0.1) is 10.2 Å². The predicted molar refractivity (Wildman–Crippen MR) is 78.3 cm³/mol. The van der Waals surface area contributed by atoms with Gasteiger partial charge in [-0.05, 0) is 30.7 Å². The summed E-state index contributed by atoms with van der Waals surface area (Å²) in [7, 11) is 1.93. The number of anilines is 1. The molecule has 3 rings (SSSR count). The first kappa shape index (κ1) is 13.1. The molecular formula is C15H20N4O. The van der Waals surface area contributed by atoms with Gasteiger partial charge in [-0.25, -0.2) is 0 Å². The third-order valence-corrected chi connectivity index (χ3v) is 4.41. The molecule has 0 radical (unpaired) electrons. The smallest absolute Gasteiger partial charge is 0.163 e. The number of benzene rings is 1. The molecule has 0 spiro atoms. The van der Waals surface area contributed by atoms with Crippen molar-refractivity contribution in [2.24, 2.45) is 12.5 Å². The van der Waals surface area contributed by atoms with Crippen LogP contribution in [0.1, 0.15) is 20.3 Å². The van der Waals surface area contributed by atoms with Crippen LogP contribution >= 0.6 is 0 Å². The fourth-order valence-electron chi connectivity index (χ4n) is 2.61. The molecule has 1 aromatic heterocycles. The van der Waals surface area contributed by atoms with E-state index in [-0.39, 0.29) is 11.5 Å². The Morgan fingerprint density at radius 3 is 2.50 bits per heavy atom. The zero-order valence-corrected chi connectivity index (χ0v) is 12.0. The Balaban J connectivity index is 1.73. The molecule has 2 N–H and O–H groups in total. The highest BCUT2D eigenvalue weighted by molar-refractivity contribution is 5.60. The molecule has 2 aromatic rings. The van der Waals surface area contributed by atoms with Crippen LogP contribution in [0.4, 0.5) is 5.69 Å². The average molecular weight is 272 g/mol. The average Bonchev–Trinajstić information content (AvgIpc) is 2.85. The van der Waals surface area contributed by atoms with Gasteiger partial charge in [-0.2, -0.15) is 0 Å². The Hall–Kier alpha value is -1.88. The lowest BCUT2D eigenvalue weighted by atomic mass is 9.64. The number of aromatic nitrogens is 3. The summed E-state index contributed by atoms with van der Waals surface area (Å²) >= 11 is 0. The van der Waals surface area contributed by atoms with Crippen molar-refractivity contribution >= 4 is 5.69 Å². The molecule has 1 aliphatic rings. The number of rotatable bonds is 3. The zero-order chi connectivity index (χ0) is 14.3. The van der Waals surface area contributed by atoms with E-state index in [2.05, 4.69) is 29.4 Å². The molecule has 106 valence electrons. The van der Waals surface area contributed by atoms with Crippen LogP contribution in [0.5, 0.6) is 0 Å². The highest BCUT2D eigenvalue weighted by Gasteiger charge is 2.47. The van der Waals surface area contributed by atoms with Gasteiger partial charge in [0.25, 0.3) is 0 Å². The maximum Gasteiger partial charge on any atom is 0.163 e. The molecule has 2 unspecified atom stereocenters. The Morgan fingerprint density at radius 1 is 1.30 bits per heavy atom. The summed E-state index contributed by atoms with van der Waals surface area (Å²) in [4.78, 5) is 0. The van der Waals surface area contributed by atoms with Crippen LogP contribution < -0.4 is 5.32 Å². The van der Waals surface area contributed by atoms with Crippen LogP contribution in [-0.4, -0.2) is 32.0 Å². The molecule has 1 heterocycles. The molecule has 1 aliphatic carbocycles. The third-order valence-electron chi connectivity index (χ3n) is 4.41. The molecule has 0 amide bonds. The molecule has 1 aromatic carbocycles. The van der Waals surface area contributed by atoms with Gasteiger partial charge < -0.3 is 15.0 Å². The topological polar surface area (TPSA) is 63.0 Å². The SMILES string of the molecule is Cn1cnnc1-c1ccc(NC2CC(O)C2(C)C)cc1. The first-order valence-corrected chi connectivity index (χ1v) is 6.87. The molecular weight excluding hydrogens is 252 g/mol. The lowest BCUT2D eigenvalue weighted by molar-refractivity contribution is -0.0510. The number of hydrogen-bond donors (Lipinski definition) is 2. The second kappa shape index (κ2) is 4.59. The number of nitrogens with one attached hydrogen (secondary N) is 1. The molecule has 2 atom stereocenters. The van der Waals surface area contributed by atoms with E-state index in [9.17, 15) is 5.11 Å².